The lowest BCUT2D eigenvalue weighted by atomic mass is 9.81. The first-order valence-electron chi connectivity index (χ1n) is 13.2. The quantitative estimate of drug-likeness (QED) is 0.0902. The zero-order valence-corrected chi connectivity index (χ0v) is 22.9. The number of amides is 3. The molecule has 3 aromatic rings. The number of hydrogen-bond donors (Lipinski definition) is 0. The van der Waals surface area contributed by atoms with E-state index in [0.717, 1.165) is 22.9 Å². The molecule has 1 heterocycles. The molecule has 3 amide bonds. The van der Waals surface area contributed by atoms with Crippen LogP contribution in [0.5, 0.6) is 5.75 Å². The summed E-state index contributed by atoms with van der Waals surface area (Å²) in [4.78, 5) is 76.3. The Hall–Kier alpha value is -4.90. The van der Waals surface area contributed by atoms with E-state index < -0.39 is 52.8 Å². The van der Waals surface area contributed by atoms with Crippen LogP contribution in [0.15, 0.2) is 72.8 Å². The van der Waals surface area contributed by atoms with Gasteiger partial charge >= 0.3 is 5.97 Å². The Kier molecular flexibility index (Phi) is 8.12. The van der Waals surface area contributed by atoms with Crippen molar-refractivity contribution >= 4 is 46.8 Å². The van der Waals surface area contributed by atoms with Crippen LogP contribution in [-0.4, -0.2) is 51.0 Å². The lowest BCUT2D eigenvalue weighted by Crippen LogP contribution is -2.52. The Morgan fingerprint density at radius 2 is 1.45 bits per heavy atom. The molecule has 42 heavy (non-hydrogen) atoms. The van der Waals surface area contributed by atoms with E-state index in [1.807, 2.05) is 0 Å². The van der Waals surface area contributed by atoms with E-state index in [0.29, 0.717) is 12.8 Å². The number of halogens is 1. The van der Waals surface area contributed by atoms with Crippen molar-refractivity contribution in [2.45, 2.75) is 25.7 Å². The van der Waals surface area contributed by atoms with Gasteiger partial charge < -0.3 is 4.74 Å². The number of nitro groups is 1. The lowest BCUT2D eigenvalue weighted by Gasteiger charge is -2.30. The molecule has 0 unspecified atom stereocenters. The van der Waals surface area contributed by atoms with Gasteiger partial charge in [-0.2, -0.15) is 5.01 Å². The van der Waals surface area contributed by atoms with Gasteiger partial charge in [0.2, 0.25) is 0 Å². The van der Waals surface area contributed by atoms with Crippen molar-refractivity contribution in [3.63, 3.8) is 0 Å². The second-order valence-electron chi connectivity index (χ2n) is 9.97. The summed E-state index contributed by atoms with van der Waals surface area (Å²) >= 11 is 6.25. The molecule has 0 N–H and O–H groups in total. The van der Waals surface area contributed by atoms with Crippen LogP contribution in [0.1, 0.15) is 56.8 Å². The molecule has 5 rings (SSSR count). The van der Waals surface area contributed by atoms with Crippen LogP contribution in [0.3, 0.4) is 0 Å². The number of ketones is 1. The largest absolute Gasteiger partial charge is 0.423 e. The molecule has 0 spiro atoms. The maximum Gasteiger partial charge on any atom is 0.343 e. The minimum atomic E-state index is -0.761. The fourth-order valence-electron chi connectivity index (χ4n) is 5.21. The molecule has 12 heteroatoms. The molecule has 0 aromatic heterocycles. The predicted molar refractivity (Wildman–Crippen MR) is 149 cm³/mol. The third-order valence-electron chi connectivity index (χ3n) is 7.39. The highest BCUT2D eigenvalue weighted by molar-refractivity contribution is 6.34. The number of benzene rings is 3. The van der Waals surface area contributed by atoms with Gasteiger partial charge in [-0.25, -0.2) is 9.80 Å². The number of hydrogen-bond acceptors (Lipinski definition) is 8. The normalized spacial score (nSPS) is 17.9. The van der Waals surface area contributed by atoms with E-state index >= 15 is 0 Å². The van der Waals surface area contributed by atoms with E-state index in [1.165, 1.54) is 60.7 Å². The van der Waals surface area contributed by atoms with Gasteiger partial charge in [0.15, 0.2) is 5.78 Å². The number of imide groups is 1. The topological polar surface area (TPSA) is 144 Å². The van der Waals surface area contributed by atoms with Crippen molar-refractivity contribution in [2.24, 2.45) is 11.8 Å². The maximum absolute atomic E-state index is 13.6. The van der Waals surface area contributed by atoms with Gasteiger partial charge in [0.05, 0.1) is 32.9 Å². The van der Waals surface area contributed by atoms with Crippen molar-refractivity contribution in [3.05, 3.63) is 105 Å². The fourth-order valence-corrected chi connectivity index (χ4v) is 5.43. The zero-order valence-electron chi connectivity index (χ0n) is 22.1. The van der Waals surface area contributed by atoms with Gasteiger partial charge in [-0.1, -0.05) is 36.6 Å². The molecule has 2 atom stereocenters. The number of nitrogens with zero attached hydrogens (tertiary/aromatic N) is 3. The zero-order chi connectivity index (χ0) is 30.0. The first-order chi connectivity index (χ1) is 20.2. The van der Waals surface area contributed by atoms with Crippen molar-refractivity contribution in [1.82, 2.24) is 10.0 Å². The Bertz CT molecular complexity index is 1560. The van der Waals surface area contributed by atoms with E-state index in [9.17, 15) is 34.1 Å². The number of rotatable bonds is 8. The number of carbonyl (C=O) groups excluding carboxylic acids is 5. The smallest absolute Gasteiger partial charge is 0.343 e. The fraction of sp³-hybridized carbons (Fsp3) is 0.233. The van der Waals surface area contributed by atoms with Gasteiger partial charge in [0.1, 0.15) is 12.3 Å². The molecule has 0 bridgehead atoms. The van der Waals surface area contributed by atoms with Crippen molar-refractivity contribution in [2.75, 3.05) is 6.54 Å². The van der Waals surface area contributed by atoms with Crippen LogP contribution < -0.4 is 4.74 Å². The summed E-state index contributed by atoms with van der Waals surface area (Å²) in [5.74, 6) is -4.07. The van der Waals surface area contributed by atoms with E-state index in [2.05, 4.69) is 0 Å². The van der Waals surface area contributed by atoms with Crippen molar-refractivity contribution in [3.8, 4) is 5.75 Å². The summed E-state index contributed by atoms with van der Waals surface area (Å²) in [5, 5.41) is 12.6. The first kappa shape index (κ1) is 28.6. The minimum absolute atomic E-state index is 0.0379. The molecule has 11 nitrogen and oxygen atoms in total. The number of Topliss-reactive ketones (excluding diaryl/α,β-unsaturated/α-hetero) is 1. The van der Waals surface area contributed by atoms with Gasteiger partial charge in [-0.05, 0) is 61.4 Å². The monoisotopic (exact) mass is 589 g/mol. The third-order valence-corrected chi connectivity index (χ3v) is 7.72. The van der Waals surface area contributed by atoms with Crippen LogP contribution >= 0.6 is 11.6 Å². The molecule has 1 saturated heterocycles. The highest BCUT2D eigenvalue weighted by Gasteiger charge is 2.52. The molecular formula is C30H24ClN3O8. The SMILES string of the molecule is O=C(CN(C(=O)c1ccccc1Cl)N1C(=O)[C@H]2CCCC[C@H]2C1=O)c1ccc(OC(=O)c2ccc([N+](=O)[O-])cc2)cc1. The van der Waals surface area contributed by atoms with Crippen LogP contribution in [0.4, 0.5) is 5.69 Å². The highest BCUT2D eigenvalue weighted by Crippen LogP contribution is 2.39. The van der Waals surface area contributed by atoms with Crippen LogP contribution in [0, 0.1) is 22.0 Å². The van der Waals surface area contributed by atoms with Gasteiger partial charge in [0, 0.05) is 17.7 Å². The molecular weight excluding hydrogens is 566 g/mol. The van der Waals surface area contributed by atoms with E-state index in [-0.39, 0.29) is 33.1 Å². The second-order valence-corrected chi connectivity index (χ2v) is 10.4. The third kappa shape index (κ3) is 5.64. The molecule has 2 aliphatic rings. The van der Waals surface area contributed by atoms with Crippen molar-refractivity contribution in [1.29, 1.82) is 0 Å². The van der Waals surface area contributed by atoms with Crippen LogP contribution in [0.2, 0.25) is 5.02 Å². The molecule has 1 aliphatic carbocycles. The second kappa shape index (κ2) is 11.9. The van der Waals surface area contributed by atoms with E-state index in [1.54, 1.807) is 12.1 Å². The summed E-state index contributed by atoms with van der Waals surface area (Å²) in [5.41, 5.74) is 0.0945. The number of nitro benzene ring substituents is 1. The Balaban J connectivity index is 1.35. The molecule has 2 fully saturated rings. The van der Waals surface area contributed by atoms with Gasteiger partial charge in [-0.15, -0.1) is 0 Å². The minimum Gasteiger partial charge on any atom is -0.423 e. The Labute approximate surface area is 244 Å². The summed E-state index contributed by atoms with van der Waals surface area (Å²) in [6, 6.07) is 16.6. The molecule has 0 radical (unpaired) electrons. The molecule has 3 aromatic carbocycles. The molecule has 1 saturated carbocycles. The average molecular weight is 590 g/mol. The summed E-state index contributed by atoms with van der Waals surface area (Å²) in [6.07, 6.45) is 2.67. The maximum atomic E-state index is 13.6. The standard InChI is InChI=1S/C30H24ClN3O8/c31-25-8-4-3-7-24(25)27(36)32(33-28(37)22-5-1-2-6-23(22)29(33)38)17-26(35)18-11-15-21(16-12-18)42-30(39)19-9-13-20(14-10-19)34(40)41/h3-4,7-16,22-23H,1-2,5-6,17H2/t22-,23+. The predicted octanol–water partition coefficient (Wildman–Crippen LogP) is 4.88. The summed E-state index contributed by atoms with van der Waals surface area (Å²) in [6.45, 7) is -0.608. The average Bonchev–Trinajstić information content (AvgIpc) is 3.25. The van der Waals surface area contributed by atoms with Crippen LogP contribution in [0.25, 0.3) is 0 Å². The number of non-ortho nitro benzene ring substituents is 1. The first-order valence-corrected chi connectivity index (χ1v) is 13.6. The van der Waals surface area contributed by atoms with Crippen molar-refractivity contribution < 1.29 is 33.6 Å². The summed E-state index contributed by atoms with van der Waals surface area (Å²) < 4.78 is 5.29. The number of esters is 1. The van der Waals surface area contributed by atoms with Gasteiger partial charge in [0.25, 0.3) is 23.4 Å². The Morgan fingerprint density at radius 1 is 0.881 bits per heavy atom. The highest BCUT2D eigenvalue weighted by atomic mass is 35.5. The number of ether oxygens (including phenoxy) is 1. The number of fused-ring (bicyclic) bond motifs is 1. The van der Waals surface area contributed by atoms with E-state index in [4.69, 9.17) is 16.3 Å². The number of hydrazine groups is 1. The summed E-state index contributed by atoms with van der Waals surface area (Å²) in [7, 11) is 0. The molecule has 1 aliphatic heterocycles. The Morgan fingerprint density at radius 3 is 2.02 bits per heavy atom. The lowest BCUT2D eigenvalue weighted by molar-refractivity contribution is -0.384. The molecule has 214 valence electrons. The number of carbonyl (C=O) groups is 5. The van der Waals surface area contributed by atoms with Crippen LogP contribution in [-0.2, 0) is 9.59 Å². The van der Waals surface area contributed by atoms with Gasteiger partial charge in [-0.3, -0.25) is 29.3 Å².